The molecule has 8 heteroatoms. The van der Waals surface area contributed by atoms with Crippen molar-refractivity contribution < 1.29 is 9.59 Å². The van der Waals surface area contributed by atoms with Crippen molar-refractivity contribution in [3.63, 3.8) is 0 Å². The second-order valence-electron chi connectivity index (χ2n) is 7.58. The normalized spacial score (nSPS) is 20.7. The molecule has 29 heavy (non-hydrogen) atoms. The number of carbonyl (C=O) groups excluding carboxylic acids is 2. The summed E-state index contributed by atoms with van der Waals surface area (Å²) in [6.07, 6.45) is 4.17. The van der Waals surface area contributed by atoms with Gasteiger partial charge >= 0.3 is 0 Å². The zero-order valence-corrected chi connectivity index (χ0v) is 17.2. The zero-order chi connectivity index (χ0) is 21.0. The maximum atomic E-state index is 12.4. The molecule has 1 aliphatic heterocycles. The molecule has 1 fully saturated rings. The van der Waals surface area contributed by atoms with Crippen molar-refractivity contribution in [3.8, 4) is 6.07 Å². The molecule has 0 radical (unpaired) electrons. The minimum Gasteiger partial charge on any atom is -0.383 e. The summed E-state index contributed by atoms with van der Waals surface area (Å²) in [4.78, 5) is 29.1. The van der Waals surface area contributed by atoms with E-state index >= 15 is 0 Å². The Morgan fingerprint density at radius 3 is 2.52 bits per heavy atom. The van der Waals surface area contributed by atoms with Crippen LogP contribution in [-0.4, -0.2) is 22.6 Å². The fourth-order valence-corrected chi connectivity index (χ4v) is 5.27. The number of benzene rings is 1. The monoisotopic (exact) mass is 411 g/mol. The fraction of sp³-hybridized carbons (Fsp3) is 0.429. The van der Waals surface area contributed by atoms with E-state index in [2.05, 4.69) is 16.4 Å². The van der Waals surface area contributed by atoms with E-state index in [-0.39, 0.29) is 17.5 Å². The Labute approximate surface area is 174 Å². The highest BCUT2D eigenvalue weighted by Gasteiger charge is 2.51. The Morgan fingerprint density at radius 1 is 1.28 bits per heavy atom. The first-order chi connectivity index (χ1) is 13.9. The van der Waals surface area contributed by atoms with Crippen LogP contribution in [0.25, 0.3) is 0 Å². The van der Waals surface area contributed by atoms with E-state index in [1.54, 1.807) is 0 Å². The molecule has 1 aromatic carbocycles. The first kappa shape index (κ1) is 20.9. The van der Waals surface area contributed by atoms with E-state index in [0.717, 1.165) is 36.6 Å². The third kappa shape index (κ3) is 4.30. The van der Waals surface area contributed by atoms with E-state index in [9.17, 15) is 14.9 Å². The van der Waals surface area contributed by atoms with Gasteiger partial charge in [0.1, 0.15) is 5.82 Å². The second-order valence-corrected chi connectivity index (χ2v) is 8.57. The number of anilines is 1. The van der Waals surface area contributed by atoms with Crippen LogP contribution in [0.3, 0.4) is 0 Å². The number of aliphatic imine (C=N–C) groups is 1. The van der Waals surface area contributed by atoms with Gasteiger partial charge in [-0.2, -0.15) is 5.26 Å². The second kappa shape index (κ2) is 8.70. The van der Waals surface area contributed by atoms with Crippen molar-refractivity contribution in [1.29, 1.82) is 5.26 Å². The number of nitrogens with two attached hydrogens (primary N) is 2. The molecule has 0 saturated heterocycles. The summed E-state index contributed by atoms with van der Waals surface area (Å²) in [7, 11) is 0. The van der Waals surface area contributed by atoms with Gasteiger partial charge in [0.05, 0.1) is 28.4 Å². The lowest BCUT2D eigenvalue weighted by atomic mass is 9.61. The topological polar surface area (TPSA) is 134 Å². The van der Waals surface area contributed by atoms with Gasteiger partial charge in [-0.25, -0.2) is 4.99 Å². The molecule has 5 N–H and O–H groups in total. The number of rotatable bonds is 4. The number of carbonyl (C=O) groups is 2. The lowest BCUT2D eigenvalue weighted by Gasteiger charge is -2.44. The number of hydrogen-bond donors (Lipinski definition) is 3. The van der Waals surface area contributed by atoms with E-state index in [4.69, 9.17) is 11.5 Å². The standard InChI is InChI=1S/C21H25N5O2S/c1-13-5-7-14(8-6-13)25-16(27)12-29-20-17(19(24)28)21(9-3-2-4-10-21)15(11-22)18(23)26-20/h5-8,17H,2-4,9-10,12,23H2,1H3,(H2,24,28)(H,25,27). The van der Waals surface area contributed by atoms with Gasteiger partial charge in [0.25, 0.3) is 0 Å². The molecule has 2 aliphatic rings. The summed E-state index contributed by atoms with van der Waals surface area (Å²) < 4.78 is 0. The molecule has 1 heterocycles. The number of amides is 2. The molecule has 1 atom stereocenters. The minimum absolute atomic E-state index is 0.0712. The number of nitrogens with zero attached hydrogens (tertiary/aromatic N) is 2. The Kier molecular flexibility index (Phi) is 6.28. The molecule has 1 spiro atoms. The average molecular weight is 412 g/mol. The zero-order valence-electron chi connectivity index (χ0n) is 16.4. The van der Waals surface area contributed by atoms with Crippen LogP contribution < -0.4 is 16.8 Å². The molecule has 152 valence electrons. The number of hydrogen-bond acceptors (Lipinski definition) is 6. The third-order valence-electron chi connectivity index (χ3n) is 5.61. The maximum absolute atomic E-state index is 12.4. The Balaban J connectivity index is 1.80. The van der Waals surface area contributed by atoms with E-state index in [1.165, 1.54) is 0 Å². The molecule has 1 aliphatic carbocycles. The number of aryl methyl sites for hydroxylation is 1. The Hall–Kier alpha value is -2.79. The molecule has 3 rings (SSSR count). The van der Waals surface area contributed by atoms with E-state index < -0.39 is 17.2 Å². The number of allylic oxidation sites excluding steroid dienone is 1. The van der Waals surface area contributed by atoms with Gasteiger partial charge in [-0.1, -0.05) is 48.7 Å². The summed E-state index contributed by atoms with van der Waals surface area (Å²) >= 11 is 1.16. The molecular weight excluding hydrogens is 386 g/mol. The van der Waals surface area contributed by atoms with Crippen molar-refractivity contribution in [2.45, 2.75) is 39.0 Å². The molecule has 1 unspecified atom stereocenters. The van der Waals surface area contributed by atoms with Gasteiger partial charge in [-0.05, 0) is 31.9 Å². The SMILES string of the molecule is Cc1ccc(NC(=O)CSC2=NC(N)=C(C#N)C3(CCCCC3)C2C(N)=O)cc1. The predicted octanol–water partition coefficient (Wildman–Crippen LogP) is 2.82. The van der Waals surface area contributed by atoms with E-state index in [1.807, 2.05) is 31.2 Å². The fourth-order valence-electron chi connectivity index (χ4n) is 4.25. The largest absolute Gasteiger partial charge is 0.383 e. The van der Waals surface area contributed by atoms with Crippen molar-refractivity contribution >= 4 is 34.3 Å². The minimum atomic E-state index is -0.734. The summed E-state index contributed by atoms with van der Waals surface area (Å²) in [5.74, 6) is -1.27. The quantitative estimate of drug-likeness (QED) is 0.700. The third-order valence-corrected chi connectivity index (χ3v) is 6.64. The molecular formula is C21H25N5O2S. The van der Waals surface area contributed by atoms with Gasteiger partial charge in [0, 0.05) is 11.1 Å². The van der Waals surface area contributed by atoms with Crippen LogP contribution in [0.2, 0.25) is 0 Å². The maximum Gasteiger partial charge on any atom is 0.234 e. The molecule has 1 saturated carbocycles. The smallest absolute Gasteiger partial charge is 0.234 e. The lowest BCUT2D eigenvalue weighted by molar-refractivity contribution is -0.123. The average Bonchev–Trinajstić information content (AvgIpc) is 2.68. The summed E-state index contributed by atoms with van der Waals surface area (Å²) in [5, 5.41) is 12.9. The highest BCUT2D eigenvalue weighted by Crippen LogP contribution is 2.52. The van der Waals surface area contributed by atoms with Gasteiger partial charge in [0.15, 0.2) is 0 Å². The van der Waals surface area contributed by atoms with Crippen LogP contribution in [0.4, 0.5) is 5.69 Å². The van der Waals surface area contributed by atoms with Crippen molar-refractivity contribution in [2.75, 3.05) is 11.1 Å². The van der Waals surface area contributed by atoms with Crippen LogP contribution in [0.1, 0.15) is 37.7 Å². The highest BCUT2D eigenvalue weighted by molar-refractivity contribution is 8.14. The first-order valence-electron chi connectivity index (χ1n) is 9.65. The Bertz CT molecular complexity index is 908. The summed E-state index contributed by atoms with van der Waals surface area (Å²) in [6, 6.07) is 9.67. The van der Waals surface area contributed by atoms with E-state index in [0.29, 0.717) is 29.1 Å². The van der Waals surface area contributed by atoms with Crippen molar-refractivity contribution in [1.82, 2.24) is 0 Å². The highest BCUT2D eigenvalue weighted by atomic mass is 32.2. The van der Waals surface area contributed by atoms with Crippen molar-refractivity contribution in [2.24, 2.45) is 27.8 Å². The lowest BCUT2D eigenvalue weighted by Crippen LogP contribution is -2.48. The molecule has 7 nitrogen and oxygen atoms in total. The number of primary amides is 1. The van der Waals surface area contributed by atoms with Gasteiger partial charge in [0.2, 0.25) is 11.8 Å². The van der Waals surface area contributed by atoms with Gasteiger partial charge in [-0.15, -0.1) is 0 Å². The molecule has 2 amide bonds. The Morgan fingerprint density at radius 2 is 1.93 bits per heavy atom. The molecule has 0 bridgehead atoms. The summed E-state index contributed by atoms with van der Waals surface area (Å²) in [5.41, 5.74) is 13.3. The van der Waals surface area contributed by atoms with Crippen LogP contribution >= 0.6 is 11.8 Å². The number of nitrogens with one attached hydrogen (secondary N) is 1. The van der Waals surface area contributed by atoms with Crippen molar-refractivity contribution in [3.05, 3.63) is 41.2 Å². The van der Waals surface area contributed by atoms with Gasteiger partial charge in [-0.3, -0.25) is 9.59 Å². The van der Waals surface area contributed by atoms with Crippen LogP contribution in [0.15, 0.2) is 40.7 Å². The summed E-state index contributed by atoms with van der Waals surface area (Å²) in [6.45, 7) is 1.97. The molecule has 1 aromatic rings. The van der Waals surface area contributed by atoms with Gasteiger partial charge < -0.3 is 16.8 Å². The number of thioether (sulfide) groups is 1. The number of nitriles is 1. The molecule has 0 aromatic heterocycles. The predicted molar refractivity (Wildman–Crippen MR) is 115 cm³/mol. The van der Waals surface area contributed by atoms with Crippen LogP contribution in [0, 0.1) is 29.6 Å². The van der Waals surface area contributed by atoms with Crippen LogP contribution in [-0.2, 0) is 9.59 Å². The van der Waals surface area contributed by atoms with Crippen LogP contribution in [0.5, 0.6) is 0 Å². The first-order valence-corrected chi connectivity index (χ1v) is 10.6.